The van der Waals surface area contributed by atoms with Gasteiger partial charge in [0.2, 0.25) is 0 Å². The van der Waals surface area contributed by atoms with Crippen LogP contribution < -0.4 is 20.1 Å². The number of likely N-dealkylation sites (tertiary alicyclic amines) is 1. The molecule has 0 bridgehead atoms. The summed E-state index contributed by atoms with van der Waals surface area (Å²) in [6.45, 7) is 8.05. The van der Waals surface area contributed by atoms with Gasteiger partial charge in [0.05, 0.1) is 6.54 Å². The van der Waals surface area contributed by atoms with Crippen LogP contribution in [0.2, 0.25) is 0 Å². The first-order valence-corrected chi connectivity index (χ1v) is 9.33. The number of benzene rings is 1. The average Bonchev–Trinajstić information content (AvgIpc) is 3.09. The molecule has 6 heteroatoms. The maximum atomic E-state index is 5.97. The van der Waals surface area contributed by atoms with Crippen molar-refractivity contribution in [1.82, 2.24) is 15.5 Å². The van der Waals surface area contributed by atoms with Gasteiger partial charge in [-0.3, -0.25) is 4.99 Å². The Morgan fingerprint density at radius 1 is 1.24 bits per heavy atom. The summed E-state index contributed by atoms with van der Waals surface area (Å²) in [6, 6.07) is 7.79. The molecular weight excluding hydrogens is 316 g/mol. The number of aliphatic imine (C=N–C) groups is 1. The van der Waals surface area contributed by atoms with Gasteiger partial charge in [-0.1, -0.05) is 19.1 Å². The molecule has 25 heavy (non-hydrogen) atoms. The molecule has 2 heterocycles. The molecule has 2 N–H and O–H groups in total. The van der Waals surface area contributed by atoms with Gasteiger partial charge in [0, 0.05) is 20.1 Å². The van der Waals surface area contributed by atoms with Crippen molar-refractivity contribution >= 4 is 5.96 Å². The van der Waals surface area contributed by atoms with Crippen LogP contribution in [-0.2, 0) is 0 Å². The van der Waals surface area contributed by atoms with E-state index in [4.69, 9.17) is 9.47 Å². The third-order valence-electron chi connectivity index (χ3n) is 4.76. The van der Waals surface area contributed by atoms with E-state index < -0.39 is 0 Å². The minimum atomic E-state index is -0.0139. The molecule has 0 aromatic heterocycles. The summed E-state index contributed by atoms with van der Waals surface area (Å²) in [5.41, 5.74) is 0. The van der Waals surface area contributed by atoms with Crippen LogP contribution in [0.25, 0.3) is 0 Å². The lowest BCUT2D eigenvalue weighted by atomic mass is 10.1. The van der Waals surface area contributed by atoms with E-state index in [0.29, 0.717) is 19.1 Å². The number of hydrogen-bond donors (Lipinski definition) is 2. The molecule has 2 aliphatic rings. The lowest BCUT2D eigenvalue weighted by Crippen LogP contribution is -2.46. The highest BCUT2D eigenvalue weighted by Crippen LogP contribution is 2.30. The molecule has 1 fully saturated rings. The second kappa shape index (κ2) is 8.94. The molecule has 0 aliphatic carbocycles. The summed E-state index contributed by atoms with van der Waals surface area (Å²) in [7, 11) is 1.81. The molecular formula is C19H30N4O2. The Morgan fingerprint density at radius 2 is 2.04 bits per heavy atom. The van der Waals surface area contributed by atoms with Crippen molar-refractivity contribution in [1.29, 1.82) is 0 Å². The van der Waals surface area contributed by atoms with Crippen molar-refractivity contribution in [3.05, 3.63) is 24.3 Å². The predicted octanol–water partition coefficient (Wildman–Crippen LogP) is 1.72. The molecule has 0 saturated carbocycles. The van der Waals surface area contributed by atoms with Crippen molar-refractivity contribution in [3.63, 3.8) is 0 Å². The summed E-state index contributed by atoms with van der Waals surface area (Å²) in [5, 5.41) is 6.80. The smallest absolute Gasteiger partial charge is 0.191 e. The zero-order chi connectivity index (χ0) is 17.5. The first-order valence-electron chi connectivity index (χ1n) is 9.33. The van der Waals surface area contributed by atoms with E-state index in [2.05, 4.69) is 27.4 Å². The van der Waals surface area contributed by atoms with Crippen LogP contribution in [0.4, 0.5) is 0 Å². The van der Waals surface area contributed by atoms with Gasteiger partial charge in [-0.05, 0) is 44.0 Å². The third-order valence-corrected chi connectivity index (χ3v) is 4.76. The number of ether oxygens (including phenoxy) is 2. The number of nitrogens with one attached hydrogen (secondary N) is 2. The van der Waals surface area contributed by atoms with Crippen LogP contribution in [0.3, 0.4) is 0 Å². The molecule has 0 radical (unpaired) electrons. The molecule has 1 saturated heterocycles. The minimum absolute atomic E-state index is 0.0139. The summed E-state index contributed by atoms with van der Waals surface area (Å²) in [6.07, 6.45) is 2.48. The molecule has 1 aromatic carbocycles. The van der Waals surface area contributed by atoms with Crippen molar-refractivity contribution in [3.8, 4) is 11.5 Å². The highest BCUT2D eigenvalue weighted by Gasteiger charge is 2.23. The largest absolute Gasteiger partial charge is 0.486 e. The predicted molar refractivity (Wildman–Crippen MR) is 101 cm³/mol. The van der Waals surface area contributed by atoms with Crippen LogP contribution in [0.5, 0.6) is 11.5 Å². The molecule has 0 spiro atoms. The van der Waals surface area contributed by atoms with E-state index >= 15 is 0 Å². The number of fused-ring (bicyclic) bond motifs is 1. The van der Waals surface area contributed by atoms with Gasteiger partial charge in [0.15, 0.2) is 17.5 Å². The molecule has 2 unspecified atom stereocenters. The third kappa shape index (κ3) is 5.01. The lowest BCUT2D eigenvalue weighted by molar-refractivity contribution is 0.0936. The first-order chi connectivity index (χ1) is 12.3. The summed E-state index contributed by atoms with van der Waals surface area (Å²) < 4.78 is 11.7. The summed E-state index contributed by atoms with van der Waals surface area (Å²) >= 11 is 0. The maximum Gasteiger partial charge on any atom is 0.191 e. The number of nitrogens with zero attached hydrogens (tertiary/aromatic N) is 2. The molecule has 2 aliphatic heterocycles. The maximum absolute atomic E-state index is 5.97. The van der Waals surface area contributed by atoms with Crippen LogP contribution in [0.1, 0.15) is 19.8 Å². The summed E-state index contributed by atoms with van der Waals surface area (Å²) in [4.78, 5) is 6.87. The molecule has 3 rings (SSSR count). The molecule has 0 amide bonds. The minimum Gasteiger partial charge on any atom is -0.486 e. The van der Waals surface area contributed by atoms with Gasteiger partial charge in [0.25, 0.3) is 0 Å². The van der Waals surface area contributed by atoms with Gasteiger partial charge in [0.1, 0.15) is 12.7 Å². The van der Waals surface area contributed by atoms with E-state index in [0.717, 1.165) is 24.0 Å². The Hall–Kier alpha value is -1.95. The van der Waals surface area contributed by atoms with Gasteiger partial charge in [-0.25, -0.2) is 0 Å². The highest BCUT2D eigenvalue weighted by atomic mass is 16.6. The summed E-state index contributed by atoms with van der Waals surface area (Å²) in [5.74, 6) is 3.16. The topological polar surface area (TPSA) is 58.1 Å². The van der Waals surface area contributed by atoms with Crippen molar-refractivity contribution < 1.29 is 9.47 Å². The zero-order valence-corrected chi connectivity index (χ0v) is 15.3. The standard InChI is InChI=1S/C19H30N4O2/c1-3-9-23-10-8-15(13-23)11-21-19(20-2)22-12-16-14-24-17-6-4-5-7-18(17)25-16/h4-7,15-16H,3,8-14H2,1-2H3,(H2,20,21,22). The Morgan fingerprint density at radius 3 is 2.84 bits per heavy atom. The monoisotopic (exact) mass is 346 g/mol. The molecule has 2 atom stereocenters. The Bertz CT molecular complexity index is 578. The van der Waals surface area contributed by atoms with Crippen molar-refractivity contribution in [2.24, 2.45) is 10.9 Å². The zero-order valence-electron chi connectivity index (χ0n) is 15.3. The molecule has 1 aromatic rings. The van der Waals surface area contributed by atoms with Crippen LogP contribution in [0.15, 0.2) is 29.3 Å². The Kier molecular flexibility index (Phi) is 6.39. The number of hydrogen-bond acceptors (Lipinski definition) is 4. The Balaban J connectivity index is 1.39. The fourth-order valence-electron chi connectivity index (χ4n) is 3.43. The van der Waals surface area contributed by atoms with Gasteiger partial charge >= 0.3 is 0 Å². The van der Waals surface area contributed by atoms with Gasteiger partial charge < -0.3 is 25.0 Å². The van der Waals surface area contributed by atoms with Crippen LogP contribution in [0, 0.1) is 5.92 Å². The quantitative estimate of drug-likeness (QED) is 0.607. The fourth-order valence-corrected chi connectivity index (χ4v) is 3.43. The van der Waals surface area contributed by atoms with Gasteiger partial charge in [-0.15, -0.1) is 0 Å². The number of para-hydroxylation sites is 2. The number of guanidine groups is 1. The second-order valence-corrected chi connectivity index (χ2v) is 6.79. The highest BCUT2D eigenvalue weighted by molar-refractivity contribution is 5.79. The first kappa shape index (κ1) is 17.9. The second-order valence-electron chi connectivity index (χ2n) is 6.79. The molecule has 6 nitrogen and oxygen atoms in total. The SMILES string of the molecule is CCCN1CCC(CNC(=NC)NCC2COc3ccccc3O2)C1. The van der Waals surface area contributed by atoms with Crippen LogP contribution >= 0.6 is 0 Å². The van der Waals surface area contributed by atoms with Crippen molar-refractivity contribution in [2.45, 2.75) is 25.9 Å². The van der Waals surface area contributed by atoms with E-state index in [-0.39, 0.29) is 6.10 Å². The number of rotatable bonds is 6. The van der Waals surface area contributed by atoms with E-state index in [1.54, 1.807) is 7.05 Å². The molecule has 138 valence electrons. The lowest BCUT2D eigenvalue weighted by Gasteiger charge is -2.27. The van der Waals surface area contributed by atoms with E-state index in [1.165, 1.54) is 32.5 Å². The van der Waals surface area contributed by atoms with Crippen molar-refractivity contribution in [2.75, 3.05) is 46.4 Å². The Labute approximate surface area is 150 Å². The van der Waals surface area contributed by atoms with E-state index in [1.807, 2.05) is 24.3 Å². The van der Waals surface area contributed by atoms with Gasteiger partial charge in [-0.2, -0.15) is 0 Å². The average molecular weight is 346 g/mol. The normalized spacial score (nSPS) is 23.5. The van der Waals surface area contributed by atoms with Crippen LogP contribution in [-0.4, -0.2) is 63.3 Å². The van der Waals surface area contributed by atoms with E-state index in [9.17, 15) is 0 Å². The fraction of sp³-hybridized carbons (Fsp3) is 0.632.